The summed E-state index contributed by atoms with van der Waals surface area (Å²) in [6.07, 6.45) is 7.58. The second kappa shape index (κ2) is 24.9. The van der Waals surface area contributed by atoms with Crippen molar-refractivity contribution in [2.24, 2.45) is 40.9 Å². The first-order valence-electron chi connectivity index (χ1n) is 25.8. The molecule has 4 saturated carbocycles. The lowest BCUT2D eigenvalue weighted by Crippen LogP contribution is -2.64. The number of amides is 3. The minimum absolute atomic E-state index is 0.0921. The summed E-state index contributed by atoms with van der Waals surface area (Å²) in [5, 5.41) is 17.4. The molecule has 19 heteroatoms. The van der Waals surface area contributed by atoms with Crippen molar-refractivity contribution in [2.75, 3.05) is 85.3 Å². The van der Waals surface area contributed by atoms with Gasteiger partial charge in [-0.05, 0) is 112 Å². The molecule has 1 heterocycles. The Labute approximate surface area is 426 Å². The van der Waals surface area contributed by atoms with E-state index in [1.165, 1.54) is 33.9 Å². The third-order valence-corrected chi connectivity index (χ3v) is 19.1. The predicted molar refractivity (Wildman–Crippen MR) is 266 cm³/mol. The largest absolute Gasteiger partial charge is 0.449 e. The summed E-state index contributed by atoms with van der Waals surface area (Å²) in [6.45, 7) is 11.1. The van der Waals surface area contributed by atoms with Crippen LogP contribution in [-0.4, -0.2) is 159 Å². The topological polar surface area (TPSA) is 197 Å². The van der Waals surface area contributed by atoms with Crippen LogP contribution in [0.4, 0.5) is 14.0 Å². The highest BCUT2D eigenvalue weighted by Crippen LogP contribution is 2.69. The van der Waals surface area contributed by atoms with Crippen LogP contribution >= 0.6 is 21.6 Å². The minimum atomic E-state index is -1.95. The summed E-state index contributed by atoms with van der Waals surface area (Å²) < 4.78 is 57.2. The number of aliphatic hydroxyl groups is 1. The van der Waals surface area contributed by atoms with Crippen molar-refractivity contribution in [3.05, 3.63) is 23.8 Å². The molecule has 7 rings (SSSR count). The van der Waals surface area contributed by atoms with Crippen LogP contribution < -0.4 is 10.6 Å². The number of rotatable bonds is 26. The molecule has 12 atom stereocenters. The molecule has 3 amide bonds. The van der Waals surface area contributed by atoms with Crippen LogP contribution in [-0.2, 0) is 47.5 Å². The van der Waals surface area contributed by atoms with Gasteiger partial charge in [0.15, 0.2) is 29.9 Å². The first-order chi connectivity index (χ1) is 34.0. The van der Waals surface area contributed by atoms with Gasteiger partial charge in [-0.3, -0.25) is 14.4 Å². The monoisotopic (exact) mass is 1030 g/mol. The lowest BCUT2D eigenvalue weighted by molar-refractivity contribution is -0.202. The molecule has 396 valence electrons. The predicted octanol–water partition coefficient (Wildman–Crippen LogP) is 6.38. The first kappa shape index (κ1) is 55.5. The molecule has 16 nitrogen and oxygen atoms in total. The first-order valence-corrected chi connectivity index (χ1v) is 28.1. The summed E-state index contributed by atoms with van der Waals surface area (Å²) in [4.78, 5) is 66.1. The fourth-order valence-corrected chi connectivity index (χ4v) is 15.0. The van der Waals surface area contributed by atoms with Crippen LogP contribution in [0.2, 0.25) is 0 Å². The molecule has 6 aliphatic carbocycles. The normalized spacial score (nSPS) is 33.3. The third kappa shape index (κ3) is 13.2. The molecule has 0 bridgehead atoms. The quantitative estimate of drug-likeness (QED) is 0.0490. The summed E-state index contributed by atoms with van der Waals surface area (Å²) in [7, 11) is 4.68. The van der Waals surface area contributed by atoms with Gasteiger partial charge in [-0.15, -0.1) is 11.8 Å². The van der Waals surface area contributed by atoms with Gasteiger partial charge in [0.1, 0.15) is 0 Å². The maximum Gasteiger partial charge on any atom is 0.409 e. The van der Waals surface area contributed by atoms with E-state index in [1.54, 1.807) is 17.8 Å². The van der Waals surface area contributed by atoms with Gasteiger partial charge in [0, 0.05) is 67.8 Å². The van der Waals surface area contributed by atoms with Gasteiger partial charge < -0.3 is 53.8 Å². The number of ether oxygens (including phenoxy) is 7. The Balaban J connectivity index is 0.722. The van der Waals surface area contributed by atoms with E-state index in [0.717, 1.165) is 32.1 Å². The zero-order valence-corrected chi connectivity index (χ0v) is 43.8. The molecular weight excluding hydrogens is 958 g/mol. The van der Waals surface area contributed by atoms with Gasteiger partial charge in [-0.1, -0.05) is 41.9 Å². The van der Waals surface area contributed by atoms with Crippen molar-refractivity contribution < 1.29 is 66.6 Å². The number of alkyl halides is 1. The molecule has 1 aliphatic heterocycles. The number of fused-ring (bicyclic) bond motifs is 8. The molecule has 5 fully saturated rings. The average molecular weight is 1030 g/mol. The molecule has 0 aromatic heterocycles. The van der Waals surface area contributed by atoms with Gasteiger partial charge in [0.2, 0.25) is 11.7 Å². The smallest absolute Gasteiger partial charge is 0.409 e. The van der Waals surface area contributed by atoms with Crippen molar-refractivity contribution in [2.45, 2.75) is 133 Å². The van der Waals surface area contributed by atoms with Gasteiger partial charge in [-0.2, -0.15) is 0 Å². The van der Waals surface area contributed by atoms with Crippen molar-refractivity contribution >= 4 is 51.2 Å². The van der Waals surface area contributed by atoms with Crippen LogP contribution in [0.15, 0.2) is 23.8 Å². The van der Waals surface area contributed by atoms with Gasteiger partial charge >= 0.3 is 12.2 Å². The summed E-state index contributed by atoms with van der Waals surface area (Å²) in [5.41, 5.74) is -3.96. The molecule has 4 unspecified atom stereocenters. The van der Waals surface area contributed by atoms with Crippen molar-refractivity contribution in [1.29, 1.82) is 0 Å². The second-order valence-corrected chi connectivity index (χ2v) is 24.1. The van der Waals surface area contributed by atoms with Crippen molar-refractivity contribution in [3.63, 3.8) is 0 Å². The Morgan fingerprint density at radius 1 is 0.972 bits per heavy atom. The van der Waals surface area contributed by atoms with Crippen LogP contribution in [0.25, 0.3) is 0 Å². The summed E-state index contributed by atoms with van der Waals surface area (Å²) in [5.74, 6) is 6.61. The Morgan fingerprint density at radius 2 is 1.65 bits per heavy atom. The van der Waals surface area contributed by atoms with Gasteiger partial charge in [-0.25, -0.2) is 14.0 Å². The van der Waals surface area contributed by atoms with E-state index in [2.05, 4.69) is 22.5 Å². The fourth-order valence-electron chi connectivity index (χ4n) is 12.4. The number of carbonyl (C=O) groups excluding carboxylic acids is 5. The molecule has 7 aliphatic rings. The molecule has 0 radical (unpaired) electrons. The van der Waals surface area contributed by atoms with Crippen molar-refractivity contribution in [3.8, 4) is 11.8 Å². The number of nitrogens with one attached hydrogen (secondary N) is 2. The van der Waals surface area contributed by atoms with E-state index in [1.807, 2.05) is 27.7 Å². The molecule has 0 spiro atoms. The van der Waals surface area contributed by atoms with Crippen LogP contribution in [0.1, 0.15) is 98.3 Å². The van der Waals surface area contributed by atoms with Crippen molar-refractivity contribution in [1.82, 2.24) is 15.5 Å². The van der Waals surface area contributed by atoms with E-state index in [9.17, 15) is 29.1 Å². The van der Waals surface area contributed by atoms with E-state index >= 15 is 4.39 Å². The zero-order chi connectivity index (χ0) is 50.8. The summed E-state index contributed by atoms with van der Waals surface area (Å²) in [6, 6.07) is 0. The number of halogens is 1. The fraction of sp³-hybridized carbons (Fsp3) is 0.788. The molecule has 0 aromatic carbocycles. The molecule has 0 aromatic rings. The molecule has 3 N–H and O–H groups in total. The lowest BCUT2D eigenvalue weighted by Gasteiger charge is -2.58. The van der Waals surface area contributed by atoms with Crippen LogP contribution in [0, 0.1) is 52.8 Å². The van der Waals surface area contributed by atoms with Crippen LogP contribution in [0.5, 0.6) is 0 Å². The van der Waals surface area contributed by atoms with Gasteiger partial charge in [0.25, 0.3) is 0 Å². The number of Topliss-reactive ketones (excluding diaryl/α,β-unsaturated/α-hetero) is 1. The Bertz CT molecular complexity index is 2020. The highest BCUT2D eigenvalue weighted by Gasteiger charge is 2.76. The molecular formula is C52H76FN3O13S2. The van der Waals surface area contributed by atoms with E-state index in [0.29, 0.717) is 121 Å². The van der Waals surface area contributed by atoms with E-state index in [-0.39, 0.29) is 36.4 Å². The highest BCUT2D eigenvalue weighted by molar-refractivity contribution is 8.77. The van der Waals surface area contributed by atoms with E-state index in [4.69, 9.17) is 33.2 Å². The van der Waals surface area contributed by atoms with Crippen LogP contribution in [0.3, 0.4) is 0 Å². The number of alkyl carbamates (subject to hydrolysis) is 1. The number of nitrogens with zero attached hydrogens (tertiary/aromatic N) is 1. The number of hydrogen-bond donors (Lipinski definition) is 3. The highest BCUT2D eigenvalue weighted by atomic mass is 33.1. The van der Waals surface area contributed by atoms with Gasteiger partial charge in [0.05, 0.1) is 58.5 Å². The number of carbonyl (C=O) groups is 5. The number of hydrogen-bond acceptors (Lipinski definition) is 15. The Hall–Kier alpha value is -3.22. The van der Waals surface area contributed by atoms with E-state index < -0.39 is 70.4 Å². The summed E-state index contributed by atoms with van der Waals surface area (Å²) >= 11 is 0. The number of allylic oxidation sites excluding steroid dienone is 4. The Morgan fingerprint density at radius 3 is 2.34 bits per heavy atom. The molecule has 71 heavy (non-hydrogen) atoms. The minimum Gasteiger partial charge on any atom is -0.449 e. The second-order valence-electron chi connectivity index (χ2n) is 21.0. The maximum absolute atomic E-state index is 16.9. The Kier molecular flexibility index (Phi) is 19.5. The SMILES string of the molecule is CCCC1O[C@@H]2CC3[C@@H]4CCC5=CC(=O)C=C[C@]5(F)C4[C@@H](O)C[C@]3(C)[C@]2(C(=O)COC(=O)N(C)CCSSC(C)(C)CC(=O)NCCOCCOCCOCCNC(=O)OCC2[C@H]3CCC#CCC[C@@H]23)O1. The molecule has 1 saturated heterocycles. The number of aliphatic hydroxyl groups excluding tert-OH is 1. The third-order valence-electron chi connectivity index (χ3n) is 15.8. The average Bonchev–Trinajstić information content (AvgIpc) is 3.69. The number of ketones is 2. The zero-order valence-electron chi connectivity index (χ0n) is 42.2. The lowest BCUT2D eigenvalue weighted by atomic mass is 9.49. The standard InChI is InChI=1S/C52H76FN3O13S2/c1-6-11-45-68-43-29-40-38-15-14-34-28-35(57)16-17-51(34,53)46(38)41(58)30-50(40,4)52(43,69-45)42(59)33-67-48(62)56(5)20-27-70-71-49(2,3)31-44(60)54-18-21-63-23-25-65-26-24-64-22-19-55-47(61)66-32-39-36-12-9-7-8-10-13-37(36)39/h16-17,28,36-41,43,45-46,58H,6,9-15,18-27,29-33H2,1-5H3,(H,54,60)(H,55,61)/t36-,37+,38-,39?,40?,41-,43+,45?,46?,50-,51+,52+/m0/s1. The maximum atomic E-state index is 16.9.